The Kier molecular flexibility index (Phi) is 5.10. The summed E-state index contributed by atoms with van der Waals surface area (Å²) in [7, 11) is 0. The second kappa shape index (κ2) is 7.44. The Morgan fingerprint density at radius 2 is 1.83 bits per heavy atom. The average molecular weight is 496 g/mol. The van der Waals surface area contributed by atoms with Gasteiger partial charge in [0.25, 0.3) is 5.91 Å². The van der Waals surface area contributed by atoms with E-state index in [0.717, 1.165) is 14.9 Å². The third kappa shape index (κ3) is 3.63. The molecule has 1 saturated heterocycles. The molecule has 0 aliphatic carbocycles. The molecule has 0 saturated carbocycles. The van der Waals surface area contributed by atoms with E-state index in [0.29, 0.717) is 21.5 Å². The van der Waals surface area contributed by atoms with Crippen LogP contribution in [0.4, 0.5) is 4.79 Å². The molecule has 29 heavy (non-hydrogen) atoms. The Bertz CT molecular complexity index is 1120. The van der Waals surface area contributed by atoms with Gasteiger partial charge < -0.3 is 9.73 Å². The zero-order chi connectivity index (χ0) is 20.8. The molecular weight excluding hydrogens is 483 g/mol. The molecule has 1 fully saturated rings. The van der Waals surface area contributed by atoms with Gasteiger partial charge >= 0.3 is 6.03 Å². The van der Waals surface area contributed by atoms with Crippen molar-refractivity contribution in [2.45, 2.75) is 19.0 Å². The number of hydrogen-bond acceptors (Lipinski definition) is 5. The van der Waals surface area contributed by atoms with Crippen molar-refractivity contribution in [3.63, 3.8) is 0 Å². The minimum absolute atomic E-state index is 0.143. The molecule has 1 aliphatic heterocycles. The van der Waals surface area contributed by atoms with E-state index in [1.165, 1.54) is 0 Å². The van der Waals surface area contributed by atoms with Crippen LogP contribution in [0.2, 0.25) is 10.0 Å². The van der Waals surface area contributed by atoms with E-state index >= 15 is 0 Å². The second-order valence-corrected chi connectivity index (χ2v) is 8.31. The lowest BCUT2D eigenvalue weighted by Crippen LogP contribution is -2.40. The summed E-state index contributed by atoms with van der Waals surface area (Å²) in [6.07, 6.45) is 0. The Morgan fingerprint density at radius 3 is 2.52 bits per heavy atom. The van der Waals surface area contributed by atoms with Crippen LogP contribution in [0.5, 0.6) is 0 Å². The molecule has 1 aliphatic rings. The molecular formula is C19H13BrCl2N4O3. The average Bonchev–Trinajstić information content (AvgIpc) is 3.24. The molecule has 148 valence electrons. The standard InChI is InChI=1S/C19H13BrCl2N4O3/c1-19(11-4-7-13(21)14(22)8-11)17(27)26(18(28)23-19)9-15-24-25-16(29-15)10-2-5-12(20)6-3-10/h2-8H,9H2,1H3,(H,23,28). The monoisotopic (exact) mass is 494 g/mol. The van der Waals surface area contributed by atoms with Crippen molar-refractivity contribution in [1.82, 2.24) is 20.4 Å². The summed E-state index contributed by atoms with van der Waals surface area (Å²) in [4.78, 5) is 26.5. The maximum Gasteiger partial charge on any atom is 0.325 e. The SMILES string of the molecule is CC1(c2ccc(Cl)c(Cl)c2)NC(=O)N(Cc2nnc(-c3ccc(Br)cc3)o2)C1=O. The maximum absolute atomic E-state index is 13.0. The van der Waals surface area contributed by atoms with Gasteiger partial charge in [-0.05, 0) is 48.9 Å². The molecule has 1 aromatic heterocycles. The topological polar surface area (TPSA) is 88.3 Å². The van der Waals surface area contributed by atoms with Crippen molar-refractivity contribution in [2.24, 2.45) is 0 Å². The predicted octanol–water partition coefficient (Wildman–Crippen LogP) is 4.77. The quantitative estimate of drug-likeness (QED) is 0.526. The van der Waals surface area contributed by atoms with E-state index in [1.807, 2.05) is 24.3 Å². The molecule has 0 spiro atoms. The molecule has 2 aromatic carbocycles. The molecule has 3 amide bonds. The van der Waals surface area contributed by atoms with E-state index in [2.05, 4.69) is 31.4 Å². The van der Waals surface area contributed by atoms with Crippen molar-refractivity contribution in [2.75, 3.05) is 0 Å². The number of halogens is 3. The van der Waals surface area contributed by atoms with Crippen molar-refractivity contribution in [3.8, 4) is 11.5 Å². The smallest absolute Gasteiger partial charge is 0.325 e. The minimum atomic E-state index is -1.28. The Hall–Kier alpha value is -2.42. The van der Waals surface area contributed by atoms with Gasteiger partial charge in [-0.1, -0.05) is 45.2 Å². The summed E-state index contributed by atoms with van der Waals surface area (Å²) in [6, 6.07) is 11.5. The molecule has 3 aromatic rings. The van der Waals surface area contributed by atoms with Crippen LogP contribution in [0.1, 0.15) is 18.4 Å². The Balaban J connectivity index is 1.57. The van der Waals surface area contributed by atoms with E-state index in [1.54, 1.807) is 25.1 Å². The molecule has 0 radical (unpaired) electrons. The van der Waals surface area contributed by atoms with E-state index in [4.69, 9.17) is 27.6 Å². The van der Waals surface area contributed by atoms with Gasteiger partial charge in [0.2, 0.25) is 11.8 Å². The lowest BCUT2D eigenvalue weighted by Gasteiger charge is -2.22. The van der Waals surface area contributed by atoms with Gasteiger partial charge in [0, 0.05) is 10.0 Å². The van der Waals surface area contributed by atoms with Crippen LogP contribution < -0.4 is 5.32 Å². The first kappa shape index (κ1) is 19.9. The predicted molar refractivity (Wildman–Crippen MR) is 110 cm³/mol. The normalized spacial score (nSPS) is 19.0. The van der Waals surface area contributed by atoms with Gasteiger partial charge in [-0.3, -0.25) is 9.69 Å². The summed E-state index contributed by atoms with van der Waals surface area (Å²) in [5, 5.41) is 11.3. The van der Waals surface area contributed by atoms with Crippen LogP contribution >= 0.6 is 39.1 Å². The van der Waals surface area contributed by atoms with E-state index in [-0.39, 0.29) is 12.4 Å². The fourth-order valence-corrected chi connectivity index (χ4v) is 3.57. The number of imide groups is 1. The molecule has 1 unspecified atom stereocenters. The van der Waals surface area contributed by atoms with Crippen LogP contribution in [-0.4, -0.2) is 27.0 Å². The van der Waals surface area contributed by atoms with Gasteiger partial charge in [-0.2, -0.15) is 0 Å². The van der Waals surface area contributed by atoms with Gasteiger partial charge in [0.15, 0.2) is 0 Å². The number of carbonyl (C=O) groups is 2. The molecule has 4 rings (SSSR count). The fourth-order valence-electron chi connectivity index (χ4n) is 3.01. The molecule has 1 N–H and O–H groups in total. The third-order valence-electron chi connectivity index (χ3n) is 4.62. The van der Waals surface area contributed by atoms with Crippen LogP contribution in [0, 0.1) is 0 Å². The number of amides is 3. The molecule has 0 bridgehead atoms. The fraction of sp³-hybridized carbons (Fsp3) is 0.158. The summed E-state index contributed by atoms with van der Waals surface area (Å²) in [5.74, 6) is -0.0131. The maximum atomic E-state index is 13.0. The highest BCUT2D eigenvalue weighted by Crippen LogP contribution is 2.33. The zero-order valence-electron chi connectivity index (χ0n) is 14.9. The number of hydrogen-bond donors (Lipinski definition) is 1. The second-order valence-electron chi connectivity index (χ2n) is 6.58. The molecule has 2 heterocycles. The van der Waals surface area contributed by atoms with Crippen LogP contribution in [0.25, 0.3) is 11.5 Å². The lowest BCUT2D eigenvalue weighted by molar-refractivity contribution is -0.131. The highest BCUT2D eigenvalue weighted by Gasteiger charge is 2.49. The number of aromatic nitrogens is 2. The minimum Gasteiger partial charge on any atom is -0.419 e. The molecule has 10 heteroatoms. The molecule has 1 atom stereocenters. The van der Waals surface area contributed by atoms with Crippen LogP contribution in [-0.2, 0) is 16.9 Å². The number of nitrogens with one attached hydrogen (secondary N) is 1. The first-order chi connectivity index (χ1) is 13.8. The van der Waals surface area contributed by atoms with Gasteiger partial charge in [-0.15, -0.1) is 10.2 Å². The Labute approximate surface area is 184 Å². The summed E-state index contributed by atoms with van der Waals surface area (Å²) >= 11 is 15.4. The number of carbonyl (C=O) groups excluding carboxylic acids is 2. The van der Waals surface area contributed by atoms with Crippen LogP contribution in [0.3, 0.4) is 0 Å². The largest absolute Gasteiger partial charge is 0.419 e. The number of benzene rings is 2. The number of rotatable bonds is 4. The number of urea groups is 1. The van der Waals surface area contributed by atoms with Crippen LogP contribution in [0.15, 0.2) is 51.4 Å². The molecule has 7 nitrogen and oxygen atoms in total. The number of nitrogens with zero attached hydrogens (tertiary/aromatic N) is 3. The summed E-state index contributed by atoms with van der Waals surface area (Å²) in [6.45, 7) is 1.46. The lowest BCUT2D eigenvalue weighted by atomic mass is 9.92. The first-order valence-corrected chi connectivity index (χ1v) is 10.0. The van der Waals surface area contributed by atoms with Crippen molar-refractivity contribution >= 4 is 51.1 Å². The van der Waals surface area contributed by atoms with Gasteiger partial charge in [0.1, 0.15) is 12.1 Å². The Morgan fingerprint density at radius 1 is 1.10 bits per heavy atom. The van der Waals surface area contributed by atoms with Crippen molar-refractivity contribution in [3.05, 3.63) is 68.4 Å². The van der Waals surface area contributed by atoms with E-state index in [9.17, 15) is 9.59 Å². The summed E-state index contributed by atoms with van der Waals surface area (Å²) in [5.41, 5.74) is -0.0292. The van der Waals surface area contributed by atoms with Crippen molar-refractivity contribution in [1.29, 1.82) is 0 Å². The van der Waals surface area contributed by atoms with Gasteiger partial charge in [0.05, 0.1) is 10.0 Å². The highest BCUT2D eigenvalue weighted by molar-refractivity contribution is 9.10. The van der Waals surface area contributed by atoms with Gasteiger partial charge in [-0.25, -0.2) is 4.79 Å². The summed E-state index contributed by atoms with van der Waals surface area (Å²) < 4.78 is 6.55. The first-order valence-electron chi connectivity index (χ1n) is 8.46. The zero-order valence-corrected chi connectivity index (χ0v) is 18.0. The highest BCUT2D eigenvalue weighted by atomic mass is 79.9. The third-order valence-corrected chi connectivity index (χ3v) is 5.89. The van der Waals surface area contributed by atoms with Crippen molar-refractivity contribution < 1.29 is 14.0 Å². The van der Waals surface area contributed by atoms with E-state index < -0.39 is 17.5 Å².